The van der Waals surface area contributed by atoms with Crippen molar-refractivity contribution < 1.29 is 24.2 Å². The third-order valence-corrected chi connectivity index (χ3v) is 12.6. The van der Waals surface area contributed by atoms with Crippen molar-refractivity contribution >= 4 is 17.5 Å². The first-order chi connectivity index (χ1) is 16.5. The molecule has 0 saturated heterocycles. The van der Waals surface area contributed by atoms with Crippen LogP contribution in [-0.2, 0) is 19.1 Å². The molecule has 36 heavy (non-hydrogen) atoms. The van der Waals surface area contributed by atoms with Crippen LogP contribution in [0.2, 0.25) is 0 Å². The van der Waals surface area contributed by atoms with Gasteiger partial charge in [0.25, 0.3) is 0 Å². The van der Waals surface area contributed by atoms with Crippen LogP contribution in [0.3, 0.4) is 0 Å². The average molecular weight is 497 g/mol. The van der Waals surface area contributed by atoms with Crippen LogP contribution in [0.15, 0.2) is 23.5 Å². The molecule has 0 aromatic rings. The zero-order chi connectivity index (χ0) is 26.7. The summed E-state index contributed by atoms with van der Waals surface area (Å²) in [5.74, 6) is -0.556. The van der Waals surface area contributed by atoms with Crippen molar-refractivity contribution in [2.75, 3.05) is 7.11 Å². The highest BCUT2D eigenvalue weighted by Gasteiger charge is 2.70. The van der Waals surface area contributed by atoms with Crippen molar-refractivity contribution in [2.24, 2.45) is 50.2 Å². The molecule has 3 saturated carbocycles. The van der Waals surface area contributed by atoms with Gasteiger partial charge in [-0.05, 0) is 92.1 Å². The van der Waals surface area contributed by atoms with Gasteiger partial charge in [0.05, 0.1) is 12.5 Å². The number of hydrogen-bond acceptors (Lipinski definition) is 5. The molecule has 0 aliphatic heterocycles. The van der Waals surface area contributed by atoms with Crippen molar-refractivity contribution in [3.8, 4) is 0 Å². The van der Waals surface area contributed by atoms with Gasteiger partial charge < -0.3 is 9.84 Å². The van der Waals surface area contributed by atoms with Crippen LogP contribution in [0.25, 0.3) is 0 Å². The van der Waals surface area contributed by atoms with Gasteiger partial charge in [0.15, 0.2) is 11.5 Å². The Hall–Kier alpha value is -1.91. The van der Waals surface area contributed by atoms with Crippen molar-refractivity contribution in [1.82, 2.24) is 0 Å². The highest BCUT2D eigenvalue weighted by atomic mass is 16.5. The van der Waals surface area contributed by atoms with E-state index in [0.717, 1.165) is 38.5 Å². The third-order valence-electron chi connectivity index (χ3n) is 12.6. The molecule has 0 heterocycles. The largest absolute Gasteiger partial charge is 0.505 e. The zero-order valence-corrected chi connectivity index (χ0v) is 23.4. The minimum atomic E-state index is -0.711. The number of hydrogen-bond donors (Lipinski definition) is 1. The molecule has 0 radical (unpaired) electrons. The summed E-state index contributed by atoms with van der Waals surface area (Å²) < 4.78 is 5.22. The first-order valence-corrected chi connectivity index (χ1v) is 13.8. The van der Waals surface area contributed by atoms with E-state index in [1.807, 2.05) is 26.8 Å². The minimum absolute atomic E-state index is 0.000118. The second-order valence-electron chi connectivity index (χ2n) is 14.7. The van der Waals surface area contributed by atoms with E-state index in [1.165, 1.54) is 12.7 Å². The van der Waals surface area contributed by atoms with Crippen LogP contribution in [0.4, 0.5) is 0 Å². The molecule has 0 aromatic heterocycles. The van der Waals surface area contributed by atoms with E-state index in [1.54, 1.807) is 6.08 Å². The maximum atomic E-state index is 14.3. The Labute approximate surface area is 216 Å². The predicted molar refractivity (Wildman–Crippen MR) is 138 cm³/mol. The summed E-state index contributed by atoms with van der Waals surface area (Å²) >= 11 is 0. The number of esters is 1. The lowest BCUT2D eigenvalue weighted by molar-refractivity contribution is -0.174. The number of carbonyl (C=O) groups excluding carboxylic acids is 3. The molecule has 0 bridgehead atoms. The van der Waals surface area contributed by atoms with Gasteiger partial charge >= 0.3 is 5.97 Å². The van der Waals surface area contributed by atoms with Gasteiger partial charge in [0, 0.05) is 16.7 Å². The molecular weight excluding hydrogens is 452 g/mol. The fourth-order valence-corrected chi connectivity index (χ4v) is 10.1. The van der Waals surface area contributed by atoms with E-state index in [4.69, 9.17) is 4.74 Å². The number of ether oxygens (including phenoxy) is 1. The molecule has 5 rings (SSSR count). The molecule has 0 amide bonds. The van der Waals surface area contributed by atoms with Crippen LogP contribution in [0.1, 0.15) is 93.4 Å². The predicted octanol–water partition coefficient (Wildman–Crippen LogP) is 6.37. The van der Waals surface area contributed by atoms with Gasteiger partial charge in [-0.25, -0.2) is 0 Å². The van der Waals surface area contributed by atoms with Gasteiger partial charge in [-0.15, -0.1) is 0 Å². The summed E-state index contributed by atoms with van der Waals surface area (Å²) in [6.45, 7) is 15.0. The second kappa shape index (κ2) is 7.35. The Morgan fingerprint density at radius 2 is 1.61 bits per heavy atom. The fourth-order valence-electron chi connectivity index (χ4n) is 10.1. The number of carbonyl (C=O) groups is 3. The van der Waals surface area contributed by atoms with Crippen LogP contribution in [0.5, 0.6) is 0 Å². The fraction of sp³-hybridized carbons (Fsp3) is 0.774. The Morgan fingerprint density at radius 3 is 2.25 bits per heavy atom. The summed E-state index contributed by atoms with van der Waals surface area (Å²) in [7, 11) is 1.47. The maximum Gasteiger partial charge on any atom is 0.311 e. The molecule has 0 aromatic carbocycles. The minimum Gasteiger partial charge on any atom is -0.505 e. The molecular formula is C31H44O5. The number of ketones is 2. The van der Waals surface area contributed by atoms with Gasteiger partial charge in [0.1, 0.15) is 0 Å². The number of methoxy groups -OCH3 is 1. The number of rotatable bonds is 1. The summed E-state index contributed by atoms with van der Waals surface area (Å²) in [5.41, 5.74) is -1.02. The average Bonchev–Trinajstić information content (AvgIpc) is 2.79. The Bertz CT molecular complexity index is 1110. The van der Waals surface area contributed by atoms with E-state index in [9.17, 15) is 19.5 Å². The first-order valence-electron chi connectivity index (χ1n) is 13.8. The first kappa shape index (κ1) is 25.7. The molecule has 198 valence electrons. The van der Waals surface area contributed by atoms with Crippen molar-refractivity contribution in [2.45, 2.75) is 93.4 Å². The molecule has 8 atom stereocenters. The molecule has 1 N–H and O–H groups in total. The lowest BCUT2D eigenvalue weighted by Gasteiger charge is -2.69. The standard InChI is InChI=1S/C31H44O5/c1-26(2)22-9-10-31(7)23(29(22,5)17-21(33)24(26)34)20(32)15-18-19-16-28(4,25(35)36-8)12-11-27(19,3)13-14-30(18,31)6/h15,17,19,22-23,33H,9-14,16H2,1-8H3/t19-,22-,23+,27+,28-,29-,30+,31+/m0/s1. The third kappa shape index (κ3) is 2.92. The maximum absolute atomic E-state index is 14.3. The zero-order valence-electron chi connectivity index (χ0n) is 23.4. The normalized spacial score (nSPS) is 49.5. The molecule has 5 heteroatoms. The van der Waals surface area contributed by atoms with Gasteiger partial charge in [-0.1, -0.05) is 47.1 Å². The smallest absolute Gasteiger partial charge is 0.311 e. The van der Waals surface area contributed by atoms with E-state index < -0.39 is 16.2 Å². The highest BCUT2D eigenvalue weighted by Crippen LogP contribution is 2.74. The molecule has 0 spiro atoms. The van der Waals surface area contributed by atoms with Crippen molar-refractivity contribution in [3.05, 3.63) is 23.5 Å². The van der Waals surface area contributed by atoms with Crippen LogP contribution in [0, 0.1) is 50.2 Å². The van der Waals surface area contributed by atoms with Gasteiger partial charge in [-0.2, -0.15) is 0 Å². The topological polar surface area (TPSA) is 80.7 Å². The highest BCUT2D eigenvalue weighted by molar-refractivity contribution is 6.00. The van der Waals surface area contributed by atoms with E-state index in [0.29, 0.717) is 6.42 Å². The molecule has 0 unspecified atom stereocenters. The number of fused-ring (bicyclic) bond motifs is 7. The Morgan fingerprint density at radius 1 is 0.972 bits per heavy atom. The van der Waals surface area contributed by atoms with Gasteiger partial charge in [-0.3, -0.25) is 14.4 Å². The SMILES string of the molecule is COC(=O)[C@@]1(C)CC[C@]2(C)CC[C@]3(C)C(=CC(=O)[C@@H]4[C@@]5(C)C=C(O)C(=O)C(C)(C)[C@@H]5CC[C@]43C)[C@@H]2C1. The van der Waals surface area contributed by atoms with Crippen LogP contribution >= 0.6 is 0 Å². The number of aliphatic hydroxyl groups is 1. The monoisotopic (exact) mass is 496 g/mol. The van der Waals surface area contributed by atoms with Crippen molar-refractivity contribution in [3.63, 3.8) is 0 Å². The Kier molecular flexibility index (Phi) is 5.25. The van der Waals surface area contributed by atoms with Crippen LogP contribution in [-0.4, -0.2) is 29.8 Å². The molecule has 5 aliphatic rings. The van der Waals surface area contributed by atoms with E-state index in [2.05, 4.69) is 27.7 Å². The second-order valence-corrected chi connectivity index (χ2v) is 14.7. The number of aliphatic hydroxyl groups excluding tert-OH is 1. The number of Topliss-reactive ketones (excluding diaryl/α,β-unsaturated/α-hetero) is 1. The van der Waals surface area contributed by atoms with Crippen molar-refractivity contribution in [1.29, 1.82) is 0 Å². The van der Waals surface area contributed by atoms with E-state index >= 15 is 0 Å². The van der Waals surface area contributed by atoms with Gasteiger partial charge in [0.2, 0.25) is 5.78 Å². The summed E-state index contributed by atoms with van der Waals surface area (Å²) in [4.78, 5) is 40.0. The quantitative estimate of drug-likeness (QED) is 0.427. The Balaban J connectivity index is 1.65. The van der Waals surface area contributed by atoms with Crippen LogP contribution < -0.4 is 0 Å². The summed E-state index contributed by atoms with van der Waals surface area (Å²) in [5, 5.41) is 10.7. The summed E-state index contributed by atoms with van der Waals surface area (Å²) in [6.07, 6.45) is 9.98. The lowest BCUT2D eigenvalue weighted by Crippen LogP contribution is -2.65. The molecule has 3 fully saturated rings. The number of allylic oxidation sites excluding steroid dienone is 4. The molecule has 5 aliphatic carbocycles. The summed E-state index contributed by atoms with van der Waals surface area (Å²) in [6, 6.07) is 0. The molecule has 5 nitrogen and oxygen atoms in total. The lowest BCUT2D eigenvalue weighted by atomic mass is 9.34. The van der Waals surface area contributed by atoms with E-state index in [-0.39, 0.29) is 57.3 Å².